The Labute approximate surface area is 157 Å². The molecule has 0 saturated carbocycles. The molecule has 0 aromatic heterocycles. The van der Waals surface area contributed by atoms with E-state index in [2.05, 4.69) is 0 Å². The van der Waals surface area contributed by atoms with Gasteiger partial charge in [0.2, 0.25) is 0 Å². The van der Waals surface area contributed by atoms with Crippen LogP contribution in [-0.4, -0.2) is 20.1 Å². The van der Waals surface area contributed by atoms with E-state index in [1.54, 1.807) is 24.3 Å². The zero-order valence-corrected chi connectivity index (χ0v) is 15.4. The summed E-state index contributed by atoms with van der Waals surface area (Å²) in [5.41, 5.74) is 2.40. The maximum absolute atomic E-state index is 12.4. The van der Waals surface area contributed by atoms with Crippen molar-refractivity contribution in [3.05, 3.63) is 90.0 Å². The summed E-state index contributed by atoms with van der Waals surface area (Å²) in [5, 5.41) is 0. The zero-order chi connectivity index (χ0) is 19.4. The van der Waals surface area contributed by atoms with E-state index in [1.807, 2.05) is 35.1 Å². The van der Waals surface area contributed by atoms with Crippen LogP contribution in [0.5, 0.6) is 0 Å². The molecule has 0 radical (unpaired) electrons. The van der Waals surface area contributed by atoms with E-state index in [1.165, 1.54) is 31.2 Å². The van der Waals surface area contributed by atoms with Crippen LogP contribution in [0.1, 0.15) is 27.6 Å². The Kier molecular flexibility index (Phi) is 5.19. The quantitative estimate of drug-likeness (QED) is 0.686. The van der Waals surface area contributed by atoms with Crippen molar-refractivity contribution in [3.63, 3.8) is 0 Å². The van der Waals surface area contributed by atoms with Crippen molar-refractivity contribution in [2.45, 2.75) is 11.8 Å². The fourth-order valence-electron chi connectivity index (χ4n) is 2.57. The third kappa shape index (κ3) is 4.30. The lowest BCUT2D eigenvalue weighted by molar-refractivity contribution is 0.0979. The molecule has 3 aromatic rings. The summed E-state index contributed by atoms with van der Waals surface area (Å²) in [6, 6.07) is 21.8. The van der Waals surface area contributed by atoms with E-state index in [0.29, 0.717) is 0 Å². The lowest BCUT2D eigenvalue weighted by Crippen LogP contribution is -2.30. The van der Waals surface area contributed by atoms with Gasteiger partial charge in [0.1, 0.15) is 0 Å². The Hall–Kier alpha value is -3.25. The minimum atomic E-state index is -4.08. The maximum Gasteiger partial charge on any atom is 0.264 e. The first kappa shape index (κ1) is 18.5. The standard InChI is InChI=1S/C21H17NO4S/c1-15(23)19-8-5-9-20(14-19)27(25,26)22-21(24)18-12-10-17(11-13-18)16-6-3-2-4-7-16/h2-14H,1H3,(H,22,24). The fraction of sp³-hybridized carbons (Fsp3) is 0.0476. The van der Waals surface area contributed by atoms with Crippen LogP contribution in [0.15, 0.2) is 83.8 Å². The highest BCUT2D eigenvalue weighted by Crippen LogP contribution is 2.19. The highest BCUT2D eigenvalue weighted by Gasteiger charge is 2.19. The topological polar surface area (TPSA) is 80.3 Å². The van der Waals surface area contributed by atoms with E-state index < -0.39 is 15.9 Å². The summed E-state index contributed by atoms with van der Waals surface area (Å²) in [6.45, 7) is 1.35. The molecule has 3 aromatic carbocycles. The van der Waals surface area contributed by atoms with Crippen LogP contribution in [0.2, 0.25) is 0 Å². The normalized spacial score (nSPS) is 11.0. The number of carbonyl (C=O) groups is 2. The molecule has 0 aliphatic carbocycles. The van der Waals surface area contributed by atoms with E-state index in [-0.39, 0.29) is 21.8 Å². The second kappa shape index (κ2) is 7.55. The van der Waals surface area contributed by atoms with Crippen molar-refractivity contribution in [1.29, 1.82) is 0 Å². The van der Waals surface area contributed by atoms with Crippen molar-refractivity contribution in [2.75, 3.05) is 0 Å². The van der Waals surface area contributed by atoms with Gasteiger partial charge in [-0.15, -0.1) is 0 Å². The summed E-state index contributed by atoms with van der Waals surface area (Å²) in [7, 11) is -4.08. The van der Waals surface area contributed by atoms with Gasteiger partial charge in [-0.25, -0.2) is 13.1 Å². The van der Waals surface area contributed by atoms with Crippen LogP contribution in [0.3, 0.4) is 0 Å². The lowest BCUT2D eigenvalue weighted by Gasteiger charge is -2.08. The third-order valence-electron chi connectivity index (χ3n) is 4.03. The monoisotopic (exact) mass is 379 g/mol. The van der Waals surface area contributed by atoms with Gasteiger partial charge < -0.3 is 0 Å². The molecule has 27 heavy (non-hydrogen) atoms. The average Bonchev–Trinajstić information content (AvgIpc) is 2.68. The number of nitrogens with one attached hydrogen (secondary N) is 1. The molecule has 0 spiro atoms. The van der Waals surface area contributed by atoms with Crippen molar-refractivity contribution < 1.29 is 18.0 Å². The van der Waals surface area contributed by atoms with Gasteiger partial charge in [-0.1, -0.05) is 54.6 Å². The number of ketones is 1. The van der Waals surface area contributed by atoms with Gasteiger partial charge in [0, 0.05) is 11.1 Å². The number of sulfonamides is 1. The third-order valence-corrected chi connectivity index (χ3v) is 5.36. The Morgan fingerprint density at radius 3 is 2.00 bits per heavy atom. The van der Waals surface area contributed by atoms with Crippen molar-refractivity contribution in [1.82, 2.24) is 4.72 Å². The van der Waals surface area contributed by atoms with Crippen molar-refractivity contribution in [2.24, 2.45) is 0 Å². The van der Waals surface area contributed by atoms with E-state index in [4.69, 9.17) is 0 Å². The maximum atomic E-state index is 12.4. The van der Waals surface area contributed by atoms with E-state index in [0.717, 1.165) is 11.1 Å². The molecule has 136 valence electrons. The Balaban J connectivity index is 1.80. The number of carbonyl (C=O) groups excluding carboxylic acids is 2. The van der Waals surface area contributed by atoms with Crippen LogP contribution in [0.25, 0.3) is 11.1 Å². The molecule has 5 nitrogen and oxygen atoms in total. The van der Waals surface area contributed by atoms with E-state index in [9.17, 15) is 18.0 Å². The predicted molar refractivity (Wildman–Crippen MR) is 103 cm³/mol. The number of Topliss-reactive ketones (excluding diaryl/α,β-unsaturated/α-hetero) is 1. The molecule has 0 aliphatic rings. The molecule has 0 saturated heterocycles. The number of rotatable bonds is 5. The number of benzene rings is 3. The number of hydrogen-bond acceptors (Lipinski definition) is 4. The summed E-state index contributed by atoms with van der Waals surface area (Å²) >= 11 is 0. The van der Waals surface area contributed by atoms with Crippen LogP contribution >= 0.6 is 0 Å². The molecule has 0 aliphatic heterocycles. The lowest BCUT2D eigenvalue weighted by atomic mass is 10.0. The molecular formula is C21H17NO4S. The van der Waals surface area contributed by atoms with Gasteiger partial charge in [0.25, 0.3) is 15.9 Å². The number of hydrogen-bond donors (Lipinski definition) is 1. The summed E-state index contributed by atoms with van der Waals surface area (Å²) < 4.78 is 26.9. The highest BCUT2D eigenvalue weighted by atomic mass is 32.2. The minimum absolute atomic E-state index is 0.135. The zero-order valence-electron chi connectivity index (χ0n) is 14.5. The largest absolute Gasteiger partial charge is 0.295 e. The second-order valence-electron chi connectivity index (χ2n) is 5.96. The summed E-state index contributed by atoms with van der Waals surface area (Å²) in [6.07, 6.45) is 0. The molecule has 1 N–H and O–H groups in total. The molecular weight excluding hydrogens is 362 g/mol. The van der Waals surface area contributed by atoms with Gasteiger partial charge in [0.15, 0.2) is 5.78 Å². The van der Waals surface area contributed by atoms with Crippen LogP contribution < -0.4 is 4.72 Å². The molecule has 6 heteroatoms. The van der Waals surface area contributed by atoms with Gasteiger partial charge in [-0.3, -0.25) is 9.59 Å². The smallest absolute Gasteiger partial charge is 0.264 e. The SMILES string of the molecule is CC(=O)c1cccc(S(=O)(=O)NC(=O)c2ccc(-c3ccccc3)cc2)c1. The molecule has 0 heterocycles. The Morgan fingerprint density at radius 1 is 0.741 bits per heavy atom. The molecule has 3 rings (SSSR count). The van der Waals surface area contributed by atoms with Crippen LogP contribution in [0.4, 0.5) is 0 Å². The summed E-state index contributed by atoms with van der Waals surface area (Å²) in [5.74, 6) is -0.988. The predicted octanol–water partition coefficient (Wildman–Crippen LogP) is 3.67. The highest BCUT2D eigenvalue weighted by molar-refractivity contribution is 7.90. The molecule has 0 atom stereocenters. The van der Waals surface area contributed by atoms with Gasteiger partial charge in [-0.2, -0.15) is 0 Å². The molecule has 1 amide bonds. The van der Waals surface area contributed by atoms with Gasteiger partial charge >= 0.3 is 0 Å². The van der Waals surface area contributed by atoms with E-state index >= 15 is 0 Å². The average molecular weight is 379 g/mol. The Bertz CT molecular complexity index is 1090. The summed E-state index contributed by atoms with van der Waals surface area (Å²) in [4.78, 5) is 23.6. The van der Waals surface area contributed by atoms with Crippen LogP contribution in [0, 0.1) is 0 Å². The van der Waals surface area contributed by atoms with Gasteiger partial charge in [0.05, 0.1) is 4.90 Å². The molecule has 0 fully saturated rings. The fourth-order valence-corrected chi connectivity index (χ4v) is 3.59. The molecule has 0 unspecified atom stereocenters. The minimum Gasteiger partial charge on any atom is -0.295 e. The first-order valence-electron chi connectivity index (χ1n) is 8.20. The number of amides is 1. The molecule has 0 bridgehead atoms. The second-order valence-corrected chi connectivity index (χ2v) is 7.64. The first-order valence-corrected chi connectivity index (χ1v) is 9.69. The van der Waals surface area contributed by atoms with Crippen LogP contribution in [-0.2, 0) is 10.0 Å². The van der Waals surface area contributed by atoms with Gasteiger partial charge in [-0.05, 0) is 42.3 Å². The van der Waals surface area contributed by atoms with Crippen molar-refractivity contribution >= 4 is 21.7 Å². The first-order chi connectivity index (χ1) is 12.9. The van der Waals surface area contributed by atoms with Crippen molar-refractivity contribution in [3.8, 4) is 11.1 Å². The Morgan fingerprint density at radius 2 is 1.37 bits per heavy atom.